The van der Waals surface area contributed by atoms with E-state index in [1.165, 1.54) is 6.33 Å². The first-order valence-electron chi connectivity index (χ1n) is 3.74. The fourth-order valence-corrected chi connectivity index (χ4v) is 1.27. The molecule has 0 amide bonds. The molecule has 12 heavy (non-hydrogen) atoms. The van der Waals surface area contributed by atoms with Crippen molar-refractivity contribution in [2.24, 2.45) is 5.73 Å². The highest BCUT2D eigenvalue weighted by atomic mass is 35.5. The molecule has 1 aromatic rings. The average Bonchev–Trinajstić information content (AvgIpc) is 2.05. The number of nitrogens with two attached hydrogens (primary N) is 1. The van der Waals surface area contributed by atoms with Gasteiger partial charge in [0.15, 0.2) is 0 Å². The Kier molecular flexibility index (Phi) is 2.65. The van der Waals surface area contributed by atoms with Crippen molar-refractivity contribution in [3.8, 4) is 0 Å². The van der Waals surface area contributed by atoms with Crippen molar-refractivity contribution in [3.05, 3.63) is 23.2 Å². The monoisotopic (exact) mass is 185 g/mol. The number of hydrogen-bond donors (Lipinski definition) is 1. The van der Waals surface area contributed by atoms with Crippen LogP contribution < -0.4 is 5.73 Å². The molecule has 3 nitrogen and oxygen atoms in total. The van der Waals surface area contributed by atoms with Gasteiger partial charge >= 0.3 is 0 Å². The van der Waals surface area contributed by atoms with Crippen molar-refractivity contribution in [2.75, 3.05) is 6.54 Å². The van der Waals surface area contributed by atoms with E-state index < -0.39 is 0 Å². The summed E-state index contributed by atoms with van der Waals surface area (Å²) in [7, 11) is 0. The quantitative estimate of drug-likeness (QED) is 0.757. The molecule has 0 unspecified atom stereocenters. The lowest BCUT2D eigenvalue weighted by Crippen LogP contribution is -2.29. The Labute approximate surface area is 77.0 Å². The number of halogens is 1. The van der Waals surface area contributed by atoms with E-state index in [9.17, 15) is 0 Å². The summed E-state index contributed by atoms with van der Waals surface area (Å²) in [6.07, 6.45) is 3.07. The van der Waals surface area contributed by atoms with Gasteiger partial charge in [-0.05, 0) is 0 Å². The van der Waals surface area contributed by atoms with E-state index in [0.29, 0.717) is 11.6 Å². The van der Waals surface area contributed by atoms with Crippen LogP contribution in [0.15, 0.2) is 12.5 Å². The zero-order chi connectivity index (χ0) is 9.19. The Morgan fingerprint density at radius 2 is 2.25 bits per heavy atom. The minimum atomic E-state index is -0.181. The van der Waals surface area contributed by atoms with Crippen LogP contribution in [0.4, 0.5) is 0 Å². The molecular weight excluding hydrogens is 174 g/mol. The van der Waals surface area contributed by atoms with E-state index in [0.717, 1.165) is 5.69 Å². The number of rotatable bonds is 2. The van der Waals surface area contributed by atoms with E-state index in [2.05, 4.69) is 9.97 Å². The molecule has 0 bridgehead atoms. The van der Waals surface area contributed by atoms with Gasteiger partial charge in [0.25, 0.3) is 0 Å². The summed E-state index contributed by atoms with van der Waals surface area (Å²) < 4.78 is 0. The summed E-state index contributed by atoms with van der Waals surface area (Å²) in [5, 5.41) is 0.577. The van der Waals surface area contributed by atoms with Gasteiger partial charge in [-0.25, -0.2) is 9.97 Å². The van der Waals surface area contributed by atoms with Crippen molar-refractivity contribution in [2.45, 2.75) is 19.3 Å². The molecule has 0 aliphatic heterocycles. The molecule has 0 fully saturated rings. The molecular formula is C8H12ClN3. The first-order valence-corrected chi connectivity index (χ1v) is 4.12. The molecule has 4 heteroatoms. The van der Waals surface area contributed by atoms with Crippen molar-refractivity contribution >= 4 is 11.6 Å². The van der Waals surface area contributed by atoms with E-state index >= 15 is 0 Å². The predicted octanol–water partition coefficient (Wildman–Crippen LogP) is 1.37. The summed E-state index contributed by atoms with van der Waals surface area (Å²) in [6, 6.07) is 0. The van der Waals surface area contributed by atoms with Crippen LogP contribution in [-0.4, -0.2) is 16.5 Å². The lowest BCUT2D eigenvalue weighted by molar-refractivity contribution is 0.520. The van der Waals surface area contributed by atoms with E-state index in [1.54, 1.807) is 6.20 Å². The highest BCUT2D eigenvalue weighted by Crippen LogP contribution is 2.25. The van der Waals surface area contributed by atoms with Crippen LogP contribution in [0, 0.1) is 0 Å². The summed E-state index contributed by atoms with van der Waals surface area (Å²) in [6.45, 7) is 4.52. The summed E-state index contributed by atoms with van der Waals surface area (Å²) in [4.78, 5) is 7.91. The largest absolute Gasteiger partial charge is 0.330 e. The third-order valence-corrected chi connectivity index (χ3v) is 2.10. The fourth-order valence-electron chi connectivity index (χ4n) is 0.907. The van der Waals surface area contributed by atoms with E-state index in [4.69, 9.17) is 17.3 Å². The van der Waals surface area contributed by atoms with Gasteiger partial charge in [0.1, 0.15) is 6.33 Å². The van der Waals surface area contributed by atoms with Crippen LogP contribution >= 0.6 is 11.6 Å². The number of hydrogen-bond acceptors (Lipinski definition) is 3. The van der Waals surface area contributed by atoms with Crippen LogP contribution in [0.3, 0.4) is 0 Å². The molecule has 1 rings (SSSR count). The minimum absolute atomic E-state index is 0.181. The molecule has 0 aromatic carbocycles. The van der Waals surface area contributed by atoms with Gasteiger partial charge < -0.3 is 5.73 Å². The van der Waals surface area contributed by atoms with Crippen LogP contribution in [0.2, 0.25) is 5.02 Å². The molecule has 2 N–H and O–H groups in total. The molecule has 0 aliphatic rings. The number of nitrogens with zero attached hydrogens (tertiary/aromatic N) is 2. The van der Waals surface area contributed by atoms with E-state index in [-0.39, 0.29) is 5.41 Å². The zero-order valence-corrected chi connectivity index (χ0v) is 7.97. The molecule has 0 atom stereocenters. The average molecular weight is 186 g/mol. The van der Waals surface area contributed by atoms with Crippen molar-refractivity contribution < 1.29 is 0 Å². The minimum Gasteiger partial charge on any atom is -0.330 e. The normalized spacial score (nSPS) is 11.7. The second-order valence-electron chi connectivity index (χ2n) is 3.31. The van der Waals surface area contributed by atoms with Gasteiger partial charge in [0.05, 0.1) is 10.7 Å². The van der Waals surface area contributed by atoms with Gasteiger partial charge in [0, 0.05) is 18.2 Å². The van der Waals surface area contributed by atoms with Gasteiger partial charge in [0.2, 0.25) is 0 Å². The van der Waals surface area contributed by atoms with Crippen molar-refractivity contribution in [1.29, 1.82) is 0 Å². The maximum absolute atomic E-state index is 5.91. The first-order chi connectivity index (χ1) is 5.58. The second-order valence-corrected chi connectivity index (χ2v) is 3.71. The maximum atomic E-state index is 5.91. The highest BCUT2D eigenvalue weighted by Gasteiger charge is 2.22. The SMILES string of the molecule is CC(C)(CN)c1ncncc1Cl. The van der Waals surface area contributed by atoms with Crippen LogP contribution in [0.1, 0.15) is 19.5 Å². The van der Waals surface area contributed by atoms with Crippen LogP contribution in [0.5, 0.6) is 0 Å². The van der Waals surface area contributed by atoms with Crippen LogP contribution in [-0.2, 0) is 5.41 Å². The second kappa shape index (κ2) is 3.37. The highest BCUT2D eigenvalue weighted by molar-refractivity contribution is 6.31. The fraction of sp³-hybridized carbons (Fsp3) is 0.500. The van der Waals surface area contributed by atoms with Gasteiger partial charge in [-0.3, -0.25) is 0 Å². The Balaban J connectivity index is 3.10. The molecule has 0 spiro atoms. The lowest BCUT2D eigenvalue weighted by Gasteiger charge is -2.21. The summed E-state index contributed by atoms with van der Waals surface area (Å²) in [5.74, 6) is 0. The molecule has 1 heterocycles. The molecule has 0 aliphatic carbocycles. The number of aromatic nitrogens is 2. The molecule has 1 aromatic heterocycles. The molecule has 0 saturated carbocycles. The van der Waals surface area contributed by atoms with Gasteiger partial charge in [-0.2, -0.15) is 0 Å². The Hall–Kier alpha value is -0.670. The Morgan fingerprint density at radius 1 is 1.58 bits per heavy atom. The maximum Gasteiger partial charge on any atom is 0.115 e. The van der Waals surface area contributed by atoms with Gasteiger partial charge in [-0.1, -0.05) is 25.4 Å². The first kappa shape index (κ1) is 9.42. The van der Waals surface area contributed by atoms with Crippen molar-refractivity contribution in [1.82, 2.24) is 9.97 Å². The third kappa shape index (κ3) is 1.73. The summed E-state index contributed by atoms with van der Waals surface area (Å²) >= 11 is 5.91. The van der Waals surface area contributed by atoms with Gasteiger partial charge in [-0.15, -0.1) is 0 Å². The molecule has 0 saturated heterocycles. The Morgan fingerprint density at radius 3 is 2.75 bits per heavy atom. The Bertz CT molecular complexity index is 273. The molecule has 66 valence electrons. The zero-order valence-electron chi connectivity index (χ0n) is 7.21. The summed E-state index contributed by atoms with van der Waals surface area (Å²) in [5.41, 5.74) is 6.21. The van der Waals surface area contributed by atoms with Crippen molar-refractivity contribution in [3.63, 3.8) is 0 Å². The molecule has 0 radical (unpaired) electrons. The lowest BCUT2D eigenvalue weighted by atomic mass is 9.89. The standard InChI is InChI=1S/C8H12ClN3/c1-8(2,4-10)7-6(9)3-11-5-12-7/h3,5H,4,10H2,1-2H3. The topological polar surface area (TPSA) is 51.8 Å². The van der Waals surface area contributed by atoms with E-state index in [1.807, 2.05) is 13.8 Å². The van der Waals surface area contributed by atoms with Crippen LogP contribution in [0.25, 0.3) is 0 Å². The predicted molar refractivity (Wildman–Crippen MR) is 49.1 cm³/mol. The smallest absolute Gasteiger partial charge is 0.115 e. The third-order valence-electron chi connectivity index (χ3n) is 1.82.